The molecule has 2 rings (SSSR count). The lowest BCUT2D eigenvalue weighted by molar-refractivity contribution is 0.0785. The van der Waals surface area contributed by atoms with Crippen LogP contribution in [0.25, 0.3) is 0 Å². The summed E-state index contributed by atoms with van der Waals surface area (Å²) < 4.78 is 30.7. The van der Waals surface area contributed by atoms with Crippen LogP contribution in [0.1, 0.15) is 22.8 Å². The van der Waals surface area contributed by atoms with E-state index in [9.17, 15) is 13.2 Å². The molecule has 0 atom stereocenters. The van der Waals surface area contributed by atoms with Crippen molar-refractivity contribution in [2.75, 3.05) is 27.7 Å². The molecule has 0 bridgehead atoms. The van der Waals surface area contributed by atoms with Crippen LogP contribution in [0.5, 0.6) is 5.75 Å². The largest absolute Gasteiger partial charge is 0.494 e. The van der Waals surface area contributed by atoms with Crippen LogP contribution >= 0.6 is 0 Å². The molecule has 0 aromatic heterocycles. The molecule has 1 amide bonds. The molecule has 6 nitrogen and oxygen atoms in total. The van der Waals surface area contributed by atoms with Gasteiger partial charge in [-0.3, -0.25) is 4.79 Å². The van der Waals surface area contributed by atoms with Gasteiger partial charge in [-0.1, -0.05) is 12.1 Å². The molecule has 0 aliphatic carbocycles. The minimum Gasteiger partial charge on any atom is -0.494 e. The molecule has 7 heteroatoms. The SMILES string of the molecule is CCOc1ccc(CN(C)C(=O)c2ccc(S(=O)(=O)N(C)C)cc2)cc1. The predicted octanol–water partition coefficient (Wildman–Crippen LogP) is 2.61. The van der Waals surface area contributed by atoms with E-state index >= 15 is 0 Å². The highest BCUT2D eigenvalue weighted by Crippen LogP contribution is 2.17. The third-order valence-corrected chi connectivity index (χ3v) is 5.71. The Kier molecular flexibility index (Phi) is 6.39. The zero-order valence-corrected chi connectivity index (χ0v) is 16.3. The molecule has 140 valence electrons. The predicted molar refractivity (Wildman–Crippen MR) is 101 cm³/mol. The molecule has 0 heterocycles. The van der Waals surface area contributed by atoms with E-state index in [1.807, 2.05) is 31.2 Å². The minimum absolute atomic E-state index is 0.160. The summed E-state index contributed by atoms with van der Waals surface area (Å²) in [5, 5.41) is 0. The Morgan fingerprint density at radius 1 is 0.962 bits per heavy atom. The van der Waals surface area contributed by atoms with Crippen molar-refractivity contribution in [2.45, 2.75) is 18.4 Å². The van der Waals surface area contributed by atoms with Crippen LogP contribution in [0.15, 0.2) is 53.4 Å². The first-order chi connectivity index (χ1) is 12.3. The molecule has 0 saturated heterocycles. The van der Waals surface area contributed by atoms with Gasteiger partial charge in [0.15, 0.2) is 0 Å². The van der Waals surface area contributed by atoms with E-state index < -0.39 is 10.0 Å². The number of nitrogens with zero attached hydrogens (tertiary/aromatic N) is 2. The van der Waals surface area contributed by atoms with Crippen LogP contribution in [0.2, 0.25) is 0 Å². The third-order valence-electron chi connectivity index (χ3n) is 3.88. The Balaban J connectivity index is 2.08. The van der Waals surface area contributed by atoms with E-state index in [4.69, 9.17) is 4.74 Å². The van der Waals surface area contributed by atoms with Gasteiger partial charge in [0.1, 0.15) is 5.75 Å². The number of hydrogen-bond donors (Lipinski definition) is 0. The maximum atomic E-state index is 12.6. The van der Waals surface area contributed by atoms with Crippen molar-refractivity contribution in [1.29, 1.82) is 0 Å². The number of carbonyl (C=O) groups is 1. The number of benzene rings is 2. The molecular weight excluding hydrogens is 352 g/mol. The fraction of sp³-hybridized carbons (Fsp3) is 0.316. The highest BCUT2D eigenvalue weighted by Gasteiger charge is 2.18. The van der Waals surface area contributed by atoms with Gasteiger partial charge in [0, 0.05) is 33.3 Å². The normalized spacial score (nSPS) is 11.4. The molecule has 0 saturated carbocycles. The molecule has 26 heavy (non-hydrogen) atoms. The monoisotopic (exact) mass is 376 g/mol. The summed E-state index contributed by atoms with van der Waals surface area (Å²) in [6.45, 7) is 2.98. The fourth-order valence-corrected chi connectivity index (χ4v) is 3.31. The lowest BCUT2D eigenvalue weighted by atomic mass is 10.1. The maximum absolute atomic E-state index is 12.6. The Labute approximate surface area is 155 Å². The fourth-order valence-electron chi connectivity index (χ4n) is 2.40. The summed E-state index contributed by atoms with van der Waals surface area (Å²) in [5.41, 5.74) is 1.42. The molecule has 0 spiro atoms. The van der Waals surface area contributed by atoms with Crippen LogP contribution in [0.3, 0.4) is 0 Å². The molecule has 0 radical (unpaired) electrons. The Bertz CT molecular complexity index is 844. The molecule has 0 fully saturated rings. The summed E-state index contributed by atoms with van der Waals surface area (Å²) in [6, 6.07) is 13.6. The molecule has 0 aliphatic rings. The quantitative estimate of drug-likeness (QED) is 0.745. The van der Waals surface area contributed by atoms with Crippen LogP contribution in [0, 0.1) is 0 Å². The Morgan fingerprint density at radius 2 is 1.54 bits per heavy atom. The minimum atomic E-state index is -3.50. The van der Waals surface area contributed by atoms with Crippen LogP contribution in [0.4, 0.5) is 0 Å². The summed E-state index contributed by atoms with van der Waals surface area (Å²) in [4.78, 5) is 14.3. The van der Waals surface area contributed by atoms with Gasteiger partial charge in [-0.2, -0.15) is 0 Å². The molecule has 2 aromatic rings. The van der Waals surface area contributed by atoms with Gasteiger partial charge < -0.3 is 9.64 Å². The Hall–Kier alpha value is -2.38. The lowest BCUT2D eigenvalue weighted by Crippen LogP contribution is -2.26. The van der Waals surface area contributed by atoms with E-state index in [0.717, 1.165) is 15.6 Å². The molecule has 2 aromatic carbocycles. The average Bonchev–Trinajstić information content (AvgIpc) is 2.63. The standard InChI is InChI=1S/C19H24N2O4S/c1-5-25-17-10-6-15(7-11-17)14-21(4)19(22)16-8-12-18(13-9-16)26(23,24)20(2)3/h6-13H,5,14H2,1-4H3. The number of rotatable bonds is 7. The number of amides is 1. The average molecular weight is 376 g/mol. The van der Waals surface area contributed by atoms with E-state index in [-0.39, 0.29) is 10.8 Å². The van der Waals surface area contributed by atoms with Crippen LogP contribution in [-0.2, 0) is 16.6 Å². The van der Waals surface area contributed by atoms with Crippen LogP contribution in [-0.4, -0.2) is 51.3 Å². The zero-order chi connectivity index (χ0) is 19.3. The zero-order valence-electron chi connectivity index (χ0n) is 15.5. The topological polar surface area (TPSA) is 66.9 Å². The van der Waals surface area contributed by atoms with Crippen molar-refractivity contribution in [2.24, 2.45) is 0 Å². The van der Waals surface area contributed by atoms with Crippen LogP contribution < -0.4 is 4.74 Å². The number of hydrogen-bond acceptors (Lipinski definition) is 4. The second-order valence-electron chi connectivity index (χ2n) is 6.05. The summed E-state index contributed by atoms with van der Waals surface area (Å²) in [5.74, 6) is 0.621. The second-order valence-corrected chi connectivity index (χ2v) is 8.20. The van der Waals surface area contributed by atoms with Crippen molar-refractivity contribution in [3.05, 3.63) is 59.7 Å². The van der Waals surface area contributed by atoms with Crippen molar-refractivity contribution in [1.82, 2.24) is 9.21 Å². The number of sulfonamides is 1. The summed E-state index contributed by atoms with van der Waals surface area (Å²) in [6.07, 6.45) is 0. The van der Waals surface area contributed by atoms with Gasteiger partial charge in [-0.05, 0) is 48.9 Å². The van der Waals surface area contributed by atoms with Crippen molar-refractivity contribution < 1.29 is 17.9 Å². The van der Waals surface area contributed by atoms with Crippen molar-refractivity contribution in [3.8, 4) is 5.75 Å². The first-order valence-electron chi connectivity index (χ1n) is 8.25. The maximum Gasteiger partial charge on any atom is 0.253 e. The van der Waals surface area contributed by atoms with Gasteiger partial charge in [-0.15, -0.1) is 0 Å². The van der Waals surface area contributed by atoms with Gasteiger partial charge in [0.05, 0.1) is 11.5 Å². The number of carbonyl (C=O) groups excluding carboxylic acids is 1. The van der Waals surface area contributed by atoms with Crippen molar-refractivity contribution >= 4 is 15.9 Å². The van der Waals surface area contributed by atoms with Gasteiger partial charge in [-0.25, -0.2) is 12.7 Å². The van der Waals surface area contributed by atoms with E-state index in [0.29, 0.717) is 18.7 Å². The molecule has 0 aliphatic heterocycles. The third kappa shape index (κ3) is 4.62. The van der Waals surface area contributed by atoms with E-state index in [1.54, 1.807) is 11.9 Å². The second kappa shape index (κ2) is 8.33. The molecular formula is C19H24N2O4S. The first kappa shape index (κ1) is 19.9. The molecule has 0 unspecified atom stereocenters. The summed E-state index contributed by atoms with van der Waals surface area (Å²) >= 11 is 0. The lowest BCUT2D eigenvalue weighted by Gasteiger charge is -2.18. The van der Waals surface area contributed by atoms with Gasteiger partial charge in [0.2, 0.25) is 10.0 Å². The smallest absolute Gasteiger partial charge is 0.253 e. The highest BCUT2D eigenvalue weighted by atomic mass is 32.2. The number of ether oxygens (including phenoxy) is 1. The molecule has 0 N–H and O–H groups in total. The van der Waals surface area contributed by atoms with Crippen molar-refractivity contribution in [3.63, 3.8) is 0 Å². The first-order valence-corrected chi connectivity index (χ1v) is 9.69. The van der Waals surface area contributed by atoms with E-state index in [2.05, 4.69) is 0 Å². The van der Waals surface area contributed by atoms with Gasteiger partial charge >= 0.3 is 0 Å². The summed E-state index contributed by atoms with van der Waals surface area (Å²) in [7, 11) is 1.15. The van der Waals surface area contributed by atoms with Gasteiger partial charge in [0.25, 0.3) is 5.91 Å². The van der Waals surface area contributed by atoms with E-state index in [1.165, 1.54) is 38.4 Å². The highest BCUT2D eigenvalue weighted by molar-refractivity contribution is 7.89. The Morgan fingerprint density at radius 3 is 2.04 bits per heavy atom.